The average Bonchev–Trinajstić information content (AvgIpc) is 2.99. The highest BCUT2D eigenvalue weighted by molar-refractivity contribution is 6.13. The number of carbonyl (C=O) groups is 2. The lowest BCUT2D eigenvalue weighted by molar-refractivity contribution is -0.137. The van der Waals surface area contributed by atoms with Crippen molar-refractivity contribution in [2.24, 2.45) is 0 Å². The quantitative estimate of drug-likeness (QED) is 0.306. The average molecular weight is 355 g/mol. The van der Waals surface area contributed by atoms with Gasteiger partial charge in [-0.15, -0.1) is 0 Å². The van der Waals surface area contributed by atoms with Gasteiger partial charge in [-0.3, -0.25) is 9.59 Å². The van der Waals surface area contributed by atoms with Crippen molar-refractivity contribution in [2.45, 2.75) is 64.8 Å². The third-order valence-corrected chi connectivity index (χ3v) is 4.59. The molecule has 26 heavy (non-hydrogen) atoms. The maximum atomic E-state index is 12.6. The summed E-state index contributed by atoms with van der Waals surface area (Å²) in [5.41, 5.74) is 1.67. The van der Waals surface area contributed by atoms with Gasteiger partial charge in [0.1, 0.15) is 0 Å². The molecule has 0 spiro atoms. The van der Waals surface area contributed by atoms with E-state index < -0.39 is 5.97 Å². The van der Waals surface area contributed by atoms with E-state index in [1.54, 1.807) is 6.08 Å². The predicted octanol–water partition coefficient (Wildman–Crippen LogP) is 5.61. The molecule has 1 N–H and O–H groups in total. The van der Waals surface area contributed by atoms with Crippen molar-refractivity contribution in [2.75, 3.05) is 0 Å². The molecule has 0 radical (unpaired) electrons. The summed E-state index contributed by atoms with van der Waals surface area (Å²) in [6, 6.07) is 7.80. The van der Waals surface area contributed by atoms with E-state index in [9.17, 15) is 9.59 Å². The van der Waals surface area contributed by atoms with Crippen LogP contribution in [0.5, 0.6) is 0 Å². The number of allylic oxidation sites excluding steroid dienone is 2. The van der Waals surface area contributed by atoms with Crippen LogP contribution in [0, 0.1) is 0 Å². The van der Waals surface area contributed by atoms with Gasteiger partial charge < -0.3 is 9.67 Å². The van der Waals surface area contributed by atoms with E-state index in [-0.39, 0.29) is 12.2 Å². The Kier molecular flexibility index (Phi) is 8.13. The van der Waals surface area contributed by atoms with Gasteiger partial charge in [0.2, 0.25) is 0 Å². The Hall–Kier alpha value is -2.36. The first-order valence-corrected chi connectivity index (χ1v) is 9.64. The molecule has 2 rings (SSSR count). The fraction of sp³-hybridized carbons (Fsp3) is 0.455. The van der Waals surface area contributed by atoms with Gasteiger partial charge in [-0.25, -0.2) is 0 Å². The molecule has 0 fully saturated rings. The second-order valence-corrected chi connectivity index (χ2v) is 6.72. The first-order chi connectivity index (χ1) is 12.6. The molecular weight excluding hydrogens is 326 g/mol. The van der Waals surface area contributed by atoms with Crippen molar-refractivity contribution < 1.29 is 14.7 Å². The van der Waals surface area contributed by atoms with E-state index >= 15 is 0 Å². The smallest absolute Gasteiger partial charge is 0.303 e. The van der Waals surface area contributed by atoms with Crippen LogP contribution in [0.3, 0.4) is 0 Å². The van der Waals surface area contributed by atoms with E-state index in [0.29, 0.717) is 18.5 Å². The summed E-state index contributed by atoms with van der Waals surface area (Å²) in [5, 5.41) is 9.75. The lowest BCUT2D eigenvalue weighted by atomic mass is 10.1. The summed E-state index contributed by atoms with van der Waals surface area (Å²) < 4.78 is 1.99. The number of unbranched alkanes of at least 4 members (excludes halogenated alkanes) is 5. The van der Waals surface area contributed by atoms with Gasteiger partial charge in [0.25, 0.3) is 0 Å². The Morgan fingerprint density at radius 1 is 1.08 bits per heavy atom. The van der Waals surface area contributed by atoms with Crippen LogP contribution in [0.15, 0.2) is 42.6 Å². The molecule has 0 atom stereocenters. The third-order valence-electron chi connectivity index (χ3n) is 4.59. The normalized spacial score (nSPS) is 11.4. The van der Waals surface area contributed by atoms with Crippen LogP contribution in [-0.2, 0) is 11.3 Å². The highest BCUT2D eigenvalue weighted by Gasteiger charge is 2.12. The fourth-order valence-electron chi connectivity index (χ4n) is 3.17. The molecule has 4 nitrogen and oxygen atoms in total. The maximum Gasteiger partial charge on any atom is 0.303 e. The number of hydrogen-bond donors (Lipinski definition) is 1. The van der Waals surface area contributed by atoms with Crippen LogP contribution < -0.4 is 0 Å². The van der Waals surface area contributed by atoms with Crippen molar-refractivity contribution >= 4 is 22.7 Å². The number of aliphatic carboxylic acids is 1. The van der Waals surface area contributed by atoms with Gasteiger partial charge in [0.05, 0.1) is 0 Å². The molecule has 0 aliphatic heterocycles. The monoisotopic (exact) mass is 355 g/mol. The minimum Gasteiger partial charge on any atom is -0.481 e. The standard InChI is InChI=1S/C22H29NO3/c1-2-3-4-5-6-7-8-14-21(24)19-17-23(16-11-15-22(25)26)20-13-10-9-12-18(19)20/h8-10,12-14,17H,2-7,11,15-16H2,1H3,(H,25,26). The Morgan fingerprint density at radius 2 is 1.85 bits per heavy atom. The summed E-state index contributed by atoms with van der Waals surface area (Å²) in [5.74, 6) is -0.772. The summed E-state index contributed by atoms with van der Waals surface area (Å²) in [4.78, 5) is 23.3. The van der Waals surface area contributed by atoms with Crippen molar-refractivity contribution in [3.8, 4) is 0 Å². The number of benzene rings is 1. The van der Waals surface area contributed by atoms with E-state index in [1.807, 2.05) is 41.1 Å². The molecule has 1 aromatic carbocycles. The SMILES string of the molecule is CCCCCCCC=CC(=O)c1cn(CCCC(=O)O)c2ccccc12. The first kappa shape index (κ1) is 20.0. The highest BCUT2D eigenvalue weighted by atomic mass is 16.4. The lowest BCUT2D eigenvalue weighted by Gasteiger charge is -2.03. The van der Waals surface area contributed by atoms with Gasteiger partial charge in [0, 0.05) is 35.6 Å². The van der Waals surface area contributed by atoms with E-state index in [2.05, 4.69) is 6.92 Å². The van der Waals surface area contributed by atoms with Gasteiger partial charge in [-0.2, -0.15) is 0 Å². The molecule has 4 heteroatoms. The van der Waals surface area contributed by atoms with Crippen molar-refractivity contribution in [1.82, 2.24) is 4.57 Å². The zero-order valence-corrected chi connectivity index (χ0v) is 15.6. The molecule has 0 saturated carbocycles. The Morgan fingerprint density at radius 3 is 2.62 bits per heavy atom. The van der Waals surface area contributed by atoms with Crippen LogP contribution >= 0.6 is 0 Å². The Labute approximate surface area is 155 Å². The number of nitrogens with zero attached hydrogens (tertiary/aromatic N) is 1. The van der Waals surface area contributed by atoms with Crippen molar-refractivity contribution in [3.63, 3.8) is 0 Å². The summed E-state index contributed by atoms with van der Waals surface area (Å²) in [7, 11) is 0. The summed E-state index contributed by atoms with van der Waals surface area (Å²) >= 11 is 0. The van der Waals surface area contributed by atoms with E-state index in [1.165, 1.54) is 25.7 Å². The lowest BCUT2D eigenvalue weighted by Crippen LogP contribution is -2.01. The van der Waals surface area contributed by atoms with Crippen molar-refractivity contribution in [3.05, 3.63) is 48.2 Å². The number of aryl methyl sites for hydroxylation is 1. The van der Waals surface area contributed by atoms with Crippen LogP contribution in [0.2, 0.25) is 0 Å². The zero-order chi connectivity index (χ0) is 18.8. The molecule has 0 aliphatic carbocycles. The molecule has 0 bridgehead atoms. The molecule has 0 unspecified atom stereocenters. The molecule has 1 aromatic heterocycles. The number of fused-ring (bicyclic) bond motifs is 1. The number of carbonyl (C=O) groups excluding carboxylic acids is 1. The molecule has 0 amide bonds. The number of carboxylic acid groups (broad SMARTS) is 1. The van der Waals surface area contributed by atoms with Crippen LogP contribution in [0.1, 0.15) is 68.6 Å². The molecular formula is C22H29NO3. The summed E-state index contributed by atoms with van der Waals surface area (Å²) in [6.45, 7) is 2.80. The molecule has 0 saturated heterocycles. The predicted molar refractivity (Wildman–Crippen MR) is 106 cm³/mol. The second-order valence-electron chi connectivity index (χ2n) is 6.72. The number of aromatic nitrogens is 1. The topological polar surface area (TPSA) is 59.3 Å². The molecule has 1 heterocycles. The number of rotatable bonds is 12. The van der Waals surface area contributed by atoms with Crippen molar-refractivity contribution in [1.29, 1.82) is 0 Å². The third kappa shape index (κ3) is 5.87. The van der Waals surface area contributed by atoms with Crippen LogP contribution in [0.25, 0.3) is 10.9 Å². The highest BCUT2D eigenvalue weighted by Crippen LogP contribution is 2.23. The van der Waals surface area contributed by atoms with Gasteiger partial charge in [-0.1, -0.05) is 56.9 Å². The molecule has 140 valence electrons. The fourth-order valence-corrected chi connectivity index (χ4v) is 3.17. The van der Waals surface area contributed by atoms with E-state index in [4.69, 9.17) is 5.11 Å². The minimum atomic E-state index is -0.792. The number of hydrogen-bond acceptors (Lipinski definition) is 2. The Balaban J connectivity index is 2.01. The van der Waals surface area contributed by atoms with Crippen LogP contribution in [-0.4, -0.2) is 21.4 Å². The summed E-state index contributed by atoms with van der Waals surface area (Å²) in [6.07, 6.45) is 13.3. The minimum absolute atomic E-state index is 0.0201. The number of ketones is 1. The molecule has 0 aliphatic rings. The number of carboxylic acids is 1. The Bertz CT molecular complexity index is 758. The largest absolute Gasteiger partial charge is 0.481 e. The van der Waals surface area contributed by atoms with E-state index in [0.717, 1.165) is 23.7 Å². The van der Waals surface area contributed by atoms with Gasteiger partial charge >= 0.3 is 5.97 Å². The second kappa shape index (κ2) is 10.6. The van der Waals surface area contributed by atoms with Crippen LogP contribution in [0.4, 0.5) is 0 Å². The zero-order valence-electron chi connectivity index (χ0n) is 15.6. The van der Waals surface area contributed by atoms with Gasteiger partial charge in [-0.05, 0) is 31.4 Å². The molecule has 2 aromatic rings. The first-order valence-electron chi connectivity index (χ1n) is 9.64. The number of para-hydroxylation sites is 1. The maximum absolute atomic E-state index is 12.6. The van der Waals surface area contributed by atoms with Gasteiger partial charge in [0.15, 0.2) is 5.78 Å².